The van der Waals surface area contributed by atoms with E-state index >= 15 is 0 Å². The SMILES string of the molecule is COc1ccc(C(OC[C@H]2O[C@@H](n3cnc4c(NC(C)=O)nc(Cl)nc43)[C@H](O)[C@@H]2O[Si](C)(C)C(C)(C)C)(c2ccccc2)c2ccc(OC)cc2)cc1. The molecule has 14 heteroatoms. The first-order chi connectivity index (χ1) is 25.2. The molecule has 0 unspecified atom stereocenters. The number of rotatable bonds is 12. The highest BCUT2D eigenvalue weighted by Gasteiger charge is 2.52. The lowest BCUT2D eigenvalue weighted by atomic mass is 9.80. The second kappa shape index (κ2) is 15.2. The first kappa shape index (κ1) is 38.4. The third kappa shape index (κ3) is 7.55. The molecule has 0 aliphatic carbocycles. The van der Waals surface area contributed by atoms with E-state index in [1.54, 1.807) is 18.8 Å². The van der Waals surface area contributed by atoms with Crippen LogP contribution in [0.5, 0.6) is 11.5 Å². The van der Waals surface area contributed by atoms with Gasteiger partial charge in [-0.1, -0.05) is 75.4 Å². The van der Waals surface area contributed by atoms with Crippen LogP contribution in [0, 0.1) is 0 Å². The number of anilines is 1. The number of aliphatic hydroxyl groups is 1. The molecule has 280 valence electrons. The number of amides is 1. The quantitative estimate of drug-likeness (QED) is 0.0769. The summed E-state index contributed by atoms with van der Waals surface area (Å²) in [6.45, 7) is 12.1. The van der Waals surface area contributed by atoms with E-state index < -0.39 is 38.5 Å². The van der Waals surface area contributed by atoms with Gasteiger partial charge in [-0.3, -0.25) is 9.36 Å². The molecule has 53 heavy (non-hydrogen) atoms. The van der Waals surface area contributed by atoms with Crippen molar-refractivity contribution in [1.29, 1.82) is 0 Å². The maximum atomic E-state index is 12.2. The molecule has 1 aliphatic rings. The summed E-state index contributed by atoms with van der Waals surface area (Å²) < 4.78 is 33.6. The lowest BCUT2D eigenvalue weighted by Crippen LogP contribution is -2.50. The molecule has 5 aromatic rings. The summed E-state index contributed by atoms with van der Waals surface area (Å²) in [4.78, 5) is 25.0. The molecule has 1 fully saturated rings. The van der Waals surface area contributed by atoms with E-state index in [2.05, 4.69) is 54.1 Å². The number of carbonyl (C=O) groups excluding carboxylic acids is 1. The summed E-state index contributed by atoms with van der Waals surface area (Å²) in [5.41, 5.74) is 2.02. The minimum absolute atomic E-state index is 0.0132. The molecule has 1 saturated heterocycles. The average Bonchev–Trinajstić information content (AvgIpc) is 3.68. The number of nitrogens with one attached hydrogen (secondary N) is 1. The van der Waals surface area contributed by atoms with Crippen molar-refractivity contribution >= 4 is 42.8 Å². The van der Waals surface area contributed by atoms with Crippen LogP contribution in [-0.2, 0) is 24.3 Å². The van der Waals surface area contributed by atoms with Crippen LogP contribution in [0.2, 0.25) is 23.4 Å². The molecule has 2 aromatic heterocycles. The normalized spacial score (nSPS) is 19.4. The smallest absolute Gasteiger partial charge is 0.226 e. The Balaban J connectivity index is 1.46. The van der Waals surface area contributed by atoms with Gasteiger partial charge in [-0.05, 0) is 70.7 Å². The summed E-state index contributed by atoms with van der Waals surface area (Å²) in [5.74, 6) is 1.22. The van der Waals surface area contributed by atoms with Crippen LogP contribution in [0.3, 0.4) is 0 Å². The van der Waals surface area contributed by atoms with Gasteiger partial charge in [0.15, 0.2) is 31.5 Å². The lowest BCUT2D eigenvalue weighted by Gasteiger charge is -2.41. The van der Waals surface area contributed by atoms with Crippen molar-refractivity contribution in [3.05, 3.63) is 107 Å². The minimum Gasteiger partial charge on any atom is -0.497 e. The maximum Gasteiger partial charge on any atom is 0.226 e. The van der Waals surface area contributed by atoms with Crippen LogP contribution in [0.15, 0.2) is 85.2 Å². The van der Waals surface area contributed by atoms with Gasteiger partial charge < -0.3 is 33.8 Å². The molecule has 6 rings (SSSR count). The number of halogens is 1. The highest BCUT2D eigenvalue weighted by Crippen LogP contribution is 2.45. The molecule has 0 saturated carbocycles. The number of aromatic nitrogens is 4. The maximum absolute atomic E-state index is 12.2. The molecule has 0 radical (unpaired) electrons. The number of aliphatic hydroxyl groups excluding tert-OH is 1. The van der Waals surface area contributed by atoms with Crippen molar-refractivity contribution < 1.29 is 33.3 Å². The molecule has 3 heterocycles. The van der Waals surface area contributed by atoms with Gasteiger partial charge in [-0.2, -0.15) is 9.97 Å². The van der Waals surface area contributed by atoms with Gasteiger partial charge in [0, 0.05) is 6.92 Å². The second-order valence-corrected chi connectivity index (χ2v) is 19.7. The van der Waals surface area contributed by atoms with E-state index in [4.69, 9.17) is 35.0 Å². The molecule has 3 aromatic carbocycles. The second-order valence-electron chi connectivity index (χ2n) is 14.6. The summed E-state index contributed by atoms with van der Waals surface area (Å²) in [6.07, 6.45) is -2.22. The van der Waals surface area contributed by atoms with Gasteiger partial charge in [0.1, 0.15) is 35.4 Å². The average molecular weight is 760 g/mol. The van der Waals surface area contributed by atoms with E-state index in [9.17, 15) is 9.90 Å². The summed E-state index contributed by atoms with van der Waals surface area (Å²) in [5, 5.41) is 14.5. The molecule has 12 nitrogen and oxygen atoms in total. The van der Waals surface area contributed by atoms with Crippen LogP contribution in [0.1, 0.15) is 50.6 Å². The van der Waals surface area contributed by atoms with E-state index in [1.807, 2.05) is 78.9 Å². The third-order valence-corrected chi connectivity index (χ3v) is 14.8. The van der Waals surface area contributed by atoms with Gasteiger partial charge in [0.2, 0.25) is 11.2 Å². The Hall–Kier alpha value is -4.37. The summed E-state index contributed by atoms with van der Waals surface area (Å²) >= 11 is 6.31. The monoisotopic (exact) mass is 759 g/mol. The molecule has 1 amide bonds. The van der Waals surface area contributed by atoms with Crippen molar-refractivity contribution in [2.75, 3.05) is 26.1 Å². The zero-order valence-electron chi connectivity index (χ0n) is 31.2. The van der Waals surface area contributed by atoms with Gasteiger partial charge in [0.25, 0.3) is 0 Å². The number of hydrogen-bond acceptors (Lipinski definition) is 10. The number of imidazole rings is 1. The van der Waals surface area contributed by atoms with Gasteiger partial charge in [-0.15, -0.1) is 0 Å². The van der Waals surface area contributed by atoms with Crippen molar-refractivity contribution in [2.45, 2.75) is 76.0 Å². The predicted octanol–water partition coefficient (Wildman–Crippen LogP) is 7.11. The number of nitrogens with zero attached hydrogens (tertiary/aromatic N) is 4. The Morgan fingerprint density at radius 2 is 1.49 bits per heavy atom. The fourth-order valence-electron chi connectivity index (χ4n) is 6.36. The molecule has 0 spiro atoms. The Kier molecular flexibility index (Phi) is 11.0. The van der Waals surface area contributed by atoms with Crippen molar-refractivity contribution in [2.24, 2.45) is 0 Å². The molecular weight excluding hydrogens is 714 g/mol. The molecule has 0 bridgehead atoms. The van der Waals surface area contributed by atoms with Crippen molar-refractivity contribution in [1.82, 2.24) is 19.5 Å². The Bertz CT molecular complexity index is 1990. The lowest BCUT2D eigenvalue weighted by molar-refractivity contribution is -0.114. The van der Waals surface area contributed by atoms with Gasteiger partial charge in [-0.25, -0.2) is 4.98 Å². The van der Waals surface area contributed by atoms with Gasteiger partial charge >= 0.3 is 0 Å². The van der Waals surface area contributed by atoms with E-state index in [0.717, 1.165) is 16.7 Å². The van der Waals surface area contributed by atoms with Crippen LogP contribution in [-0.4, -0.2) is 78.0 Å². The number of hydrogen-bond donors (Lipinski definition) is 2. The first-order valence-corrected chi connectivity index (χ1v) is 20.6. The van der Waals surface area contributed by atoms with E-state index in [-0.39, 0.29) is 34.3 Å². The summed E-state index contributed by atoms with van der Waals surface area (Å²) in [7, 11) is 0.772. The third-order valence-electron chi connectivity index (χ3n) is 10.1. The van der Waals surface area contributed by atoms with Crippen LogP contribution < -0.4 is 14.8 Å². The number of carbonyl (C=O) groups is 1. The van der Waals surface area contributed by atoms with Crippen LogP contribution in [0.25, 0.3) is 11.2 Å². The topological polar surface area (TPSA) is 139 Å². The number of fused-ring (bicyclic) bond motifs is 1. The minimum atomic E-state index is -2.49. The van der Waals surface area contributed by atoms with Crippen molar-refractivity contribution in [3.63, 3.8) is 0 Å². The summed E-state index contributed by atoms with van der Waals surface area (Å²) in [6, 6.07) is 25.5. The number of ether oxygens (including phenoxy) is 4. The Morgan fingerprint density at radius 1 is 0.925 bits per heavy atom. The highest BCUT2D eigenvalue weighted by molar-refractivity contribution is 6.74. The zero-order valence-corrected chi connectivity index (χ0v) is 32.9. The Morgan fingerprint density at radius 3 is 2.02 bits per heavy atom. The van der Waals surface area contributed by atoms with E-state index in [1.165, 1.54) is 13.3 Å². The number of benzene rings is 3. The highest BCUT2D eigenvalue weighted by atomic mass is 35.5. The van der Waals surface area contributed by atoms with E-state index in [0.29, 0.717) is 17.0 Å². The standard InChI is InChI=1S/C39H46ClN5O7Si/c1-24(46)42-34-31-35(44-37(40)43-34)45(23-41-31)36-32(47)33(52-53(7,8)38(2,3)4)30(51-36)22-50-39(25-12-10-9-11-13-25,26-14-18-28(48-5)19-15-26)27-16-20-29(49-6)21-17-27/h9-21,23,30,32-33,36,47H,22H2,1-8H3,(H,42,43,44,46)/t30-,32-,33-,36-/m1/s1. The number of methoxy groups -OCH3 is 2. The van der Waals surface area contributed by atoms with Gasteiger partial charge in [0.05, 0.1) is 27.2 Å². The molecule has 4 atom stereocenters. The first-order valence-electron chi connectivity index (χ1n) is 17.4. The predicted molar refractivity (Wildman–Crippen MR) is 205 cm³/mol. The fraction of sp³-hybridized carbons (Fsp3) is 0.385. The molecular formula is C39H46ClN5O7Si. The Labute approximate surface area is 315 Å². The van der Waals surface area contributed by atoms with Crippen molar-refractivity contribution in [3.8, 4) is 11.5 Å². The molecule has 1 aliphatic heterocycles. The van der Waals surface area contributed by atoms with Crippen LogP contribution >= 0.6 is 11.6 Å². The molecule has 2 N–H and O–H groups in total. The van der Waals surface area contributed by atoms with Crippen LogP contribution in [0.4, 0.5) is 5.82 Å². The largest absolute Gasteiger partial charge is 0.497 e. The fourth-order valence-corrected chi connectivity index (χ4v) is 7.85. The zero-order chi connectivity index (χ0) is 38.1.